The van der Waals surface area contributed by atoms with Gasteiger partial charge in [0.2, 0.25) is 0 Å². The van der Waals surface area contributed by atoms with Crippen molar-refractivity contribution in [3.8, 4) is 0 Å². The van der Waals surface area contributed by atoms with E-state index in [9.17, 15) is 0 Å². The molecule has 2 nitrogen and oxygen atoms in total. The standard InChI is InChI=1S/C15H22N2/c1-8(2)15-16-13-11(5)9(3)10(4)12(6)14(13)17(15)7/h8H,1-7H3. The molecule has 0 bridgehead atoms. The number of aromatic nitrogens is 2. The topological polar surface area (TPSA) is 17.8 Å². The molecule has 1 heterocycles. The number of nitrogens with zero attached hydrogens (tertiary/aromatic N) is 2. The molecule has 0 N–H and O–H groups in total. The van der Waals surface area contributed by atoms with Crippen LogP contribution in [0.2, 0.25) is 0 Å². The van der Waals surface area contributed by atoms with E-state index in [2.05, 4.69) is 53.2 Å². The summed E-state index contributed by atoms with van der Waals surface area (Å²) in [5.74, 6) is 1.64. The zero-order valence-electron chi connectivity index (χ0n) is 12.0. The van der Waals surface area contributed by atoms with Crippen LogP contribution in [0.5, 0.6) is 0 Å². The van der Waals surface area contributed by atoms with E-state index in [-0.39, 0.29) is 0 Å². The highest BCUT2D eigenvalue weighted by atomic mass is 15.1. The maximum atomic E-state index is 4.84. The molecule has 1 aromatic heterocycles. The molecule has 92 valence electrons. The summed E-state index contributed by atoms with van der Waals surface area (Å²) in [4.78, 5) is 4.84. The molecular formula is C15H22N2. The first kappa shape index (κ1) is 12.2. The Bertz CT molecular complexity index is 589. The summed E-state index contributed by atoms with van der Waals surface area (Å²) >= 11 is 0. The maximum absolute atomic E-state index is 4.84. The van der Waals surface area contributed by atoms with Crippen molar-refractivity contribution in [2.75, 3.05) is 0 Å². The van der Waals surface area contributed by atoms with E-state index in [0.29, 0.717) is 5.92 Å². The van der Waals surface area contributed by atoms with E-state index >= 15 is 0 Å². The zero-order chi connectivity index (χ0) is 12.9. The molecule has 0 fully saturated rings. The fraction of sp³-hybridized carbons (Fsp3) is 0.533. The molecule has 0 amide bonds. The van der Waals surface area contributed by atoms with Crippen molar-refractivity contribution in [2.24, 2.45) is 7.05 Å². The van der Waals surface area contributed by atoms with Crippen LogP contribution in [0.25, 0.3) is 11.0 Å². The predicted molar refractivity (Wildman–Crippen MR) is 73.8 cm³/mol. The summed E-state index contributed by atoms with van der Waals surface area (Å²) in [5, 5.41) is 0. The number of hydrogen-bond acceptors (Lipinski definition) is 1. The first-order valence-corrected chi connectivity index (χ1v) is 6.29. The average Bonchev–Trinajstić information content (AvgIpc) is 2.62. The third kappa shape index (κ3) is 1.58. The van der Waals surface area contributed by atoms with Gasteiger partial charge in [0.05, 0.1) is 11.0 Å². The highest BCUT2D eigenvalue weighted by Gasteiger charge is 2.17. The van der Waals surface area contributed by atoms with E-state index < -0.39 is 0 Å². The lowest BCUT2D eigenvalue weighted by Gasteiger charge is -2.11. The van der Waals surface area contributed by atoms with E-state index in [0.717, 1.165) is 0 Å². The van der Waals surface area contributed by atoms with Crippen molar-refractivity contribution in [2.45, 2.75) is 47.5 Å². The summed E-state index contributed by atoms with van der Waals surface area (Å²) in [6.07, 6.45) is 0. The monoisotopic (exact) mass is 230 g/mol. The Hall–Kier alpha value is -1.31. The number of hydrogen-bond donors (Lipinski definition) is 0. The van der Waals surface area contributed by atoms with Gasteiger partial charge in [-0.25, -0.2) is 4.98 Å². The van der Waals surface area contributed by atoms with E-state index in [1.807, 2.05) is 0 Å². The number of imidazole rings is 1. The zero-order valence-corrected chi connectivity index (χ0v) is 12.0. The van der Waals surface area contributed by atoms with Crippen molar-refractivity contribution < 1.29 is 0 Å². The first-order chi connectivity index (χ1) is 7.86. The summed E-state index contributed by atoms with van der Waals surface area (Å²) < 4.78 is 2.26. The second-order valence-corrected chi connectivity index (χ2v) is 5.38. The van der Waals surface area contributed by atoms with Gasteiger partial charge in [0, 0.05) is 13.0 Å². The minimum absolute atomic E-state index is 0.465. The molecule has 0 atom stereocenters. The molecule has 0 aliphatic heterocycles. The molecule has 2 heteroatoms. The lowest BCUT2D eigenvalue weighted by molar-refractivity contribution is 0.721. The molecule has 2 rings (SSSR count). The largest absolute Gasteiger partial charge is 0.331 e. The fourth-order valence-corrected chi connectivity index (χ4v) is 2.64. The lowest BCUT2D eigenvalue weighted by atomic mass is 9.97. The average molecular weight is 230 g/mol. The Morgan fingerprint density at radius 1 is 0.882 bits per heavy atom. The molecule has 0 aliphatic carbocycles. The molecule has 17 heavy (non-hydrogen) atoms. The van der Waals surface area contributed by atoms with Crippen LogP contribution in [-0.2, 0) is 7.05 Å². The van der Waals surface area contributed by atoms with Gasteiger partial charge < -0.3 is 4.57 Å². The number of rotatable bonds is 1. The molecule has 0 radical (unpaired) electrons. The summed E-state index contributed by atoms with van der Waals surface area (Å²) in [6.45, 7) is 13.2. The van der Waals surface area contributed by atoms with Crippen LogP contribution in [-0.4, -0.2) is 9.55 Å². The smallest absolute Gasteiger partial charge is 0.112 e. The van der Waals surface area contributed by atoms with Gasteiger partial charge >= 0.3 is 0 Å². The molecule has 0 spiro atoms. The van der Waals surface area contributed by atoms with Gasteiger partial charge in [-0.15, -0.1) is 0 Å². The molecule has 0 saturated heterocycles. The van der Waals surface area contributed by atoms with Crippen LogP contribution in [0, 0.1) is 27.7 Å². The second-order valence-electron chi connectivity index (χ2n) is 5.38. The highest BCUT2D eigenvalue weighted by molar-refractivity contribution is 5.85. The Balaban J connectivity index is 2.97. The van der Waals surface area contributed by atoms with Crippen LogP contribution < -0.4 is 0 Å². The fourth-order valence-electron chi connectivity index (χ4n) is 2.64. The molecule has 1 aromatic carbocycles. The van der Waals surface area contributed by atoms with Crippen LogP contribution in [0.15, 0.2) is 0 Å². The van der Waals surface area contributed by atoms with Crippen LogP contribution in [0.4, 0.5) is 0 Å². The van der Waals surface area contributed by atoms with Gasteiger partial charge in [-0.1, -0.05) is 13.8 Å². The highest BCUT2D eigenvalue weighted by Crippen LogP contribution is 2.30. The van der Waals surface area contributed by atoms with Gasteiger partial charge in [-0.3, -0.25) is 0 Å². The summed E-state index contributed by atoms with van der Waals surface area (Å²) in [5.41, 5.74) is 7.94. The van der Waals surface area contributed by atoms with Crippen molar-refractivity contribution in [1.29, 1.82) is 0 Å². The van der Waals surface area contributed by atoms with Gasteiger partial charge in [-0.2, -0.15) is 0 Å². The van der Waals surface area contributed by atoms with Gasteiger partial charge in [0.15, 0.2) is 0 Å². The predicted octanol–water partition coefficient (Wildman–Crippen LogP) is 3.93. The Morgan fingerprint density at radius 3 is 1.94 bits per heavy atom. The molecule has 0 saturated carbocycles. The summed E-state index contributed by atoms with van der Waals surface area (Å²) in [7, 11) is 2.13. The number of fused-ring (bicyclic) bond motifs is 1. The van der Waals surface area contributed by atoms with Crippen molar-refractivity contribution in [3.63, 3.8) is 0 Å². The minimum atomic E-state index is 0.465. The Kier molecular flexibility index (Phi) is 2.76. The van der Waals surface area contributed by atoms with E-state index in [4.69, 9.17) is 4.98 Å². The SMILES string of the molecule is Cc1c(C)c(C)c2c(nc(C(C)C)n2C)c1C. The normalized spacial score (nSPS) is 11.8. The Morgan fingerprint density at radius 2 is 1.41 bits per heavy atom. The summed E-state index contributed by atoms with van der Waals surface area (Å²) in [6, 6.07) is 0. The van der Waals surface area contributed by atoms with Gasteiger partial charge in [0.1, 0.15) is 5.82 Å². The minimum Gasteiger partial charge on any atom is -0.331 e. The van der Waals surface area contributed by atoms with E-state index in [1.165, 1.54) is 39.1 Å². The van der Waals surface area contributed by atoms with Crippen molar-refractivity contribution in [1.82, 2.24) is 9.55 Å². The second kappa shape index (κ2) is 3.86. The third-order valence-corrected chi connectivity index (χ3v) is 4.04. The number of benzene rings is 1. The molecule has 0 unspecified atom stereocenters. The van der Waals surface area contributed by atoms with E-state index in [1.54, 1.807) is 0 Å². The first-order valence-electron chi connectivity index (χ1n) is 6.29. The van der Waals surface area contributed by atoms with Crippen LogP contribution in [0.3, 0.4) is 0 Å². The third-order valence-electron chi connectivity index (χ3n) is 4.04. The van der Waals surface area contributed by atoms with Crippen molar-refractivity contribution >= 4 is 11.0 Å². The van der Waals surface area contributed by atoms with Gasteiger partial charge in [0.25, 0.3) is 0 Å². The van der Waals surface area contributed by atoms with Crippen LogP contribution >= 0.6 is 0 Å². The Labute approximate surface area is 104 Å². The molecular weight excluding hydrogens is 208 g/mol. The van der Waals surface area contributed by atoms with Gasteiger partial charge in [-0.05, 0) is 49.9 Å². The van der Waals surface area contributed by atoms with Crippen LogP contribution in [0.1, 0.15) is 47.8 Å². The quantitative estimate of drug-likeness (QED) is 0.725. The lowest BCUT2D eigenvalue weighted by Crippen LogP contribution is -2.01. The maximum Gasteiger partial charge on any atom is 0.112 e. The molecule has 0 aliphatic rings. The van der Waals surface area contributed by atoms with Crippen molar-refractivity contribution in [3.05, 3.63) is 28.1 Å². The number of aryl methyl sites for hydroxylation is 3. The molecule has 2 aromatic rings.